The average Bonchev–Trinajstić information content (AvgIpc) is 3.13. The maximum atomic E-state index is 12.7. The quantitative estimate of drug-likeness (QED) is 0.758. The number of benzene rings is 2. The molecule has 1 aliphatic rings. The topological polar surface area (TPSA) is 61.5 Å². The number of nitrogens with zero attached hydrogens (tertiary/aromatic N) is 3. The van der Waals surface area contributed by atoms with Crippen LogP contribution in [0.3, 0.4) is 0 Å². The van der Waals surface area contributed by atoms with E-state index in [-0.39, 0.29) is 5.56 Å². The van der Waals surface area contributed by atoms with Crippen molar-refractivity contribution in [2.24, 2.45) is 0 Å². The molecule has 134 valence electrons. The Kier molecular flexibility index (Phi) is 4.67. The van der Waals surface area contributed by atoms with Gasteiger partial charge in [-0.15, -0.1) is 5.10 Å². The van der Waals surface area contributed by atoms with Crippen molar-refractivity contribution in [1.29, 1.82) is 0 Å². The van der Waals surface area contributed by atoms with Crippen LogP contribution in [0.1, 0.15) is 31.4 Å². The maximum Gasteiger partial charge on any atom is 0.282 e. The van der Waals surface area contributed by atoms with Crippen LogP contribution >= 0.6 is 0 Å². The second-order valence-corrected chi connectivity index (χ2v) is 6.67. The molecule has 1 fully saturated rings. The van der Waals surface area contributed by atoms with E-state index in [9.17, 15) is 4.79 Å². The maximum absolute atomic E-state index is 12.7. The van der Waals surface area contributed by atoms with E-state index in [1.165, 1.54) is 15.1 Å². The van der Waals surface area contributed by atoms with Gasteiger partial charge in [-0.2, -0.15) is 4.68 Å². The zero-order chi connectivity index (χ0) is 17.9. The molecule has 0 spiro atoms. The van der Waals surface area contributed by atoms with E-state index in [0.29, 0.717) is 30.2 Å². The van der Waals surface area contributed by atoms with E-state index in [0.717, 1.165) is 25.1 Å². The van der Waals surface area contributed by atoms with Crippen LogP contribution in [0.4, 0.5) is 0 Å². The number of rotatable bonds is 5. The average molecular weight is 351 g/mol. The lowest BCUT2D eigenvalue weighted by Crippen LogP contribution is -3.09. The van der Waals surface area contributed by atoms with Crippen LogP contribution in [0.5, 0.6) is 5.75 Å². The molecule has 26 heavy (non-hydrogen) atoms. The molecule has 2 heterocycles. The number of likely N-dealkylation sites (tertiary alicyclic amines) is 1. The molecule has 0 bridgehead atoms. The summed E-state index contributed by atoms with van der Waals surface area (Å²) < 4.78 is 7.04. The lowest BCUT2D eigenvalue weighted by molar-refractivity contribution is -0.941. The first-order valence-electron chi connectivity index (χ1n) is 9.16. The third-order valence-corrected chi connectivity index (χ3v) is 5.06. The van der Waals surface area contributed by atoms with Crippen LogP contribution in [-0.2, 0) is 6.67 Å². The summed E-state index contributed by atoms with van der Waals surface area (Å²) in [6.07, 6.45) is 2.25. The first kappa shape index (κ1) is 16.7. The van der Waals surface area contributed by atoms with Crippen molar-refractivity contribution >= 4 is 10.9 Å². The van der Waals surface area contributed by atoms with Gasteiger partial charge in [0.15, 0.2) is 6.67 Å². The molecule has 1 saturated heterocycles. The smallest absolute Gasteiger partial charge is 0.282 e. The molecule has 1 N–H and O–H groups in total. The van der Waals surface area contributed by atoms with E-state index in [1.807, 2.05) is 43.3 Å². The van der Waals surface area contributed by atoms with E-state index in [4.69, 9.17) is 4.74 Å². The number of aromatic nitrogens is 3. The van der Waals surface area contributed by atoms with E-state index in [2.05, 4.69) is 22.4 Å². The standard InChI is InChI=1S/C20H22N4O2/c1-2-26-16-11-9-15(10-12-16)19-8-5-13-23(19)14-24-20(25)17-6-3-4-7-18(17)21-22-24/h3-4,6-7,9-12,19H,2,5,8,13-14H2,1H3/p+1/t19-/m0/s1. The van der Waals surface area contributed by atoms with Crippen molar-refractivity contribution in [2.75, 3.05) is 13.2 Å². The predicted molar refractivity (Wildman–Crippen MR) is 99.2 cm³/mol. The second kappa shape index (κ2) is 7.25. The van der Waals surface area contributed by atoms with E-state index < -0.39 is 0 Å². The second-order valence-electron chi connectivity index (χ2n) is 6.67. The minimum Gasteiger partial charge on any atom is -0.494 e. The van der Waals surface area contributed by atoms with Crippen molar-refractivity contribution in [2.45, 2.75) is 32.5 Å². The lowest BCUT2D eigenvalue weighted by Gasteiger charge is -2.22. The molecule has 0 aliphatic carbocycles. The Balaban J connectivity index is 1.57. The molecule has 2 aromatic carbocycles. The van der Waals surface area contributed by atoms with Crippen molar-refractivity contribution < 1.29 is 9.64 Å². The van der Waals surface area contributed by atoms with Gasteiger partial charge >= 0.3 is 0 Å². The van der Waals surface area contributed by atoms with Gasteiger partial charge in [0.1, 0.15) is 17.3 Å². The molecular weight excluding hydrogens is 328 g/mol. The molecule has 1 unspecified atom stereocenters. The largest absolute Gasteiger partial charge is 0.494 e. The number of nitrogens with one attached hydrogen (secondary N) is 1. The summed E-state index contributed by atoms with van der Waals surface area (Å²) in [5.74, 6) is 0.896. The zero-order valence-electron chi connectivity index (χ0n) is 14.9. The number of fused-ring (bicyclic) bond motifs is 1. The van der Waals surface area contributed by atoms with Gasteiger partial charge in [0.25, 0.3) is 5.56 Å². The Morgan fingerprint density at radius 3 is 2.81 bits per heavy atom. The summed E-state index contributed by atoms with van der Waals surface area (Å²) in [7, 11) is 0. The van der Waals surface area contributed by atoms with Crippen LogP contribution in [0.25, 0.3) is 10.9 Å². The van der Waals surface area contributed by atoms with Gasteiger partial charge in [0.2, 0.25) is 0 Å². The van der Waals surface area contributed by atoms with Crippen LogP contribution < -0.4 is 15.2 Å². The van der Waals surface area contributed by atoms with Gasteiger partial charge in [0, 0.05) is 18.4 Å². The molecule has 2 atom stereocenters. The fourth-order valence-electron chi connectivity index (χ4n) is 3.79. The highest BCUT2D eigenvalue weighted by Crippen LogP contribution is 2.22. The fourth-order valence-corrected chi connectivity index (χ4v) is 3.79. The van der Waals surface area contributed by atoms with Gasteiger partial charge in [-0.05, 0) is 43.3 Å². The van der Waals surface area contributed by atoms with Crippen molar-refractivity contribution in [3.05, 3.63) is 64.4 Å². The summed E-state index contributed by atoms with van der Waals surface area (Å²) >= 11 is 0. The highest BCUT2D eigenvalue weighted by atomic mass is 16.5. The summed E-state index contributed by atoms with van der Waals surface area (Å²) in [5, 5.41) is 8.97. The third-order valence-electron chi connectivity index (χ3n) is 5.06. The van der Waals surface area contributed by atoms with Crippen LogP contribution in [0.2, 0.25) is 0 Å². The molecule has 6 heteroatoms. The first-order chi connectivity index (χ1) is 12.8. The molecule has 0 saturated carbocycles. The van der Waals surface area contributed by atoms with Gasteiger partial charge in [-0.3, -0.25) is 4.79 Å². The summed E-state index contributed by atoms with van der Waals surface area (Å²) in [6, 6.07) is 16.0. The SMILES string of the molecule is CCOc1ccc([C@@H]2CCC[NH+]2Cn2nnc3ccccc3c2=O)cc1. The lowest BCUT2D eigenvalue weighted by atomic mass is 10.0. The molecular formula is C20H23N4O2+. The molecule has 6 nitrogen and oxygen atoms in total. The zero-order valence-corrected chi connectivity index (χ0v) is 14.9. The Hall–Kier alpha value is -2.73. The van der Waals surface area contributed by atoms with Crippen molar-refractivity contribution in [3.63, 3.8) is 0 Å². The van der Waals surface area contributed by atoms with Gasteiger partial charge in [-0.25, -0.2) is 0 Å². The van der Waals surface area contributed by atoms with Crippen LogP contribution in [0.15, 0.2) is 53.3 Å². The Morgan fingerprint density at radius 2 is 2.00 bits per heavy atom. The number of ether oxygens (including phenoxy) is 1. The molecule has 0 radical (unpaired) electrons. The number of quaternary nitrogens is 1. The Bertz CT molecular complexity index is 952. The minimum atomic E-state index is -0.0690. The van der Waals surface area contributed by atoms with Crippen LogP contribution in [0, 0.1) is 0 Å². The third kappa shape index (κ3) is 3.20. The normalized spacial score (nSPS) is 19.7. The van der Waals surface area contributed by atoms with Crippen LogP contribution in [-0.4, -0.2) is 28.1 Å². The molecule has 4 rings (SSSR count). The molecule has 1 aliphatic heterocycles. The van der Waals surface area contributed by atoms with Gasteiger partial charge in [0.05, 0.1) is 18.5 Å². The van der Waals surface area contributed by atoms with Crippen molar-refractivity contribution in [1.82, 2.24) is 15.0 Å². The highest BCUT2D eigenvalue weighted by molar-refractivity contribution is 5.76. The molecule has 3 aromatic rings. The molecule has 0 amide bonds. The number of hydrogen-bond acceptors (Lipinski definition) is 4. The predicted octanol–water partition coefficient (Wildman–Crippen LogP) is 1.57. The van der Waals surface area contributed by atoms with E-state index >= 15 is 0 Å². The molecule has 1 aromatic heterocycles. The Morgan fingerprint density at radius 1 is 1.19 bits per heavy atom. The number of hydrogen-bond donors (Lipinski definition) is 1. The summed E-state index contributed by atoms with van der Waals surface area (Å²) in [4.78, 5) is 14.1. The summed E-state index contributed by atoms with van der Waals surface area (Å²) in [5.41, 5.74) is 1.86. The van der Waals surface area contributed by atoms with Gasteiger partial charge < -0.3 is 9.64 Å². The Labute approximate surface area is 152 Å². The van der Waals surface area contributed by atoms with Crippen molar-refractivity contribution in [3.8, 4) is 5.75 Å². The van der Waals surface area contributed by atoms with E-state index in [1.54, 1.807) is 0 Å². The monoisotopic (exact) mass is 351 g/mol. The van der Waals surface area contributed by atoms with Gasteiger partial charge in [-0.1, -0.05) is 17.3 Å². The summed E-state index contributed by atoms with van der Waals surface area (Å²) in [6.45, 7) is 4.22. The fraction of sp³-hybridized carbons (Fsp3) is 0.350. The highest BCUT2D eigenvalue weighted by Gasteiger charge is 2.30. The minimum absolute atomic E-state index is 0.0690. The first-order valence-corrected chi connectivity index (χ1v) is 9.16.